The first-order valence-electron chi connectivity index (χ1n) is 9.57. The van der Waals surface area contributed by atoms with Crippen LogP contribution in [-0.2, 0) is 12.8 Å². The number of thiophene rings is 1. The molecule has 0 unspecified atom stereocenters. The van der Waals surface area contributed by atoms with Crippen molar-refractivity contribution >= 4 is 34.3 Å². The van der Waals surface area contributed by atoms with E-state index in [4.69, 9.17) is 4.42 Å². The third-order valence-corrected chi connectivity index (χ3v) is 7.20. The Hall–Kier alpha value is -2.43. The second kappa shape index (κ2) is 8.13. The molecule has 3 aromatic heterocycles. The summed E-state index contributed by atoms with van der Waals surface area (Å²) in [6, 6.07) is 7.90. The average Bonchev–Trinajstić information content (AvgIpc) is 3.29. The van der Waals surface area contributed by atoms with Gasteiger partial charge in [-0.05, 0) is 66.1 Å². The molecule has 0 bridgehead atoms. The second-order valence-corrected chi connectivity index (χ2v) is 10.2. The number of aromatic nitrogens is 2. The molecule has 148 valence electrons. The molecule has 1 aliphatic rings. The molecule has 29 heavy (non-hydrogen) atoms. The van der Waals surface area contributed by atoms with E-state index in [-0.39, 0.29) is 5.41 Å². The van der Waals surface area contributed by atoms with E-state index in [9.17, 15) is 5.26 Å². The third-order valence-electron chi connectivity index (χ3n) is 5.23. The summed E-state index contributed by atoms with van der Waals surface area (Å²) in [6.07, 6.45) is 8.22. The molecule has 1 atom stereocenters. The Bertz CT molecular complexity index is 1070. The Balaban J connectivity index is 1.52. The lowest BCUT2D eigenvalue weighted by atomic mass is 9.72. The van der Waals surface area contributed by atoms with Crippen molar-refractivity contribution < 1.29 is 4.42 Å². The molecule has 0 aromatic carbocycles. The van der Waals surface area contributed by atoms with Crippen LogP contribution in [0.1, 0.15) is 49.0 Å². The standard InChI is InChI=1S/C22H22N4OS2/c1-22(2,3)14-5-7-16-17(12-23)20(28-18(16)11-14)26-13-15-6-8-19(27-15)29-21-24-9-4-10-25-21/h4,6,8-10,13-14H,5,7,11H2,1-3H3/t14-/m0/s1. The van der Waals surface area contributed by atoms with Crippen molar-refractivity contribution in [3.05, 3.63) is 52.4 Å². The van der Waals surface area contributed by atoms with Gasteiger partial charge in [0.25, 0.3) is 0 Å². The average molecular weight is 423 g/mol. The topological polar surface area (TPSA) is 75.1 Å². The summed E-state index contributed by atoms with van der Waals surface area (Å²) in [5, 5.41) is 11.8. The van der Waals surface area contributed by atoms with E-state index < -0.39 is 0 Å². The number of hydrogen-bond donors (Lipinski definition) is 0. The van der Waals surface area contributed by atoms with Crippen LogP contribution in [0.5, 0.6) is 0 Å². The third kappa shape index (κ3) is 4.44. The monoisotopic (exact) mass is 422 g/mol. The predicted molar refractivity (Wildman–Crippen MR) is 116 cm³/mol. The number of nitriles is 1. The van der Waals surface area contributed by atoms with Crippen LogP contribution in [0.2, 0.25) is 0 Å². The van der Waals surface area contributed by atoms with Gasteiger partial charge in [0.2, 0.25) is 0 Å². The Morgan fingerprint density at radius 3 is 2.83 bits per heavy atom. The highest BCUT2D eigenvalue weighted by Crippen LogP contribution is 2.44. The predicted octanol–water partition coefficient (Wildman–Crippen LogP) is 6.06. The fourth-order valence-corrected chi connectivity index (χ4v) is 5.43. The fourth-order valence-electron chi connectivity index (χ4n) is 3.53. The molecule has 0 saturated carbocycles. The van der Waals surface area contributed by atoms with Crippen LogP contribution in [0.25, 0.3) is 0 Å². The molecular formula is C22H22N4OS2. The lowest BCUT2D eigenvalue weighted by Crippen LogP contribution is -2.26. The van der Waals surface area contributed by atoms with Gasteiger partial charge >= 0.3 is 0 Å². The van der Waals surface area contributed by atoms with Gasteiger partial charge in [-0.1, -0.05) is 20.8 Å². The number of hydrogen-bond acceptors (Lipinski definition) is 7. The SMILES string of the molecule is CC(C)(C)[C@H]1CCc2c(sc(N=Cc3ccc(Sc4ncccn4)o3)c2C#N)C1. The van der Waals surface area contributed by atoms with E-state index in [1.807, 2.05) is 12.1 Å². The van der Waals surface area contributed by atoms with Crippen molar-refractivity contribution in [2.24, 2.45) is 16.3 Å². The Morgan fingerprint density at radius 2 is 2.10 bits per heavy atom. The van der Waals surface area contributed by atoms with Gasteiger partial charge in [-0.2, -0.15) is 5.26 Å². The maximum atomic E-state index is 9.70. The lowest BCUT2D eigenvalue weighted by Gasteiger charge is -2.33. The molecule has 3 aromatic rings. The van der Waals surface area contributed by atoms with Crippen LogP contribution in [0.3, 0.4) is 0 Å². The van der Waals surface area contributed by atoms with Crippen LogP contribution in [-0.4, -0.2) is 16.2 Å². The van der Waals surface area contributed by atoms with Crippen LogP contribution in [0.4, 0.5) is 5.00 Å². The summed E-state index contributed by atoms with van der Waals surface area (Å²) in [7, 11) is 0. The van der Waals surface area contributed by atoms with E-state index >= 15 is 0 Å². The van der Waals surface area contributed by atoms with Crippen molar-refractivity contribution in [1.82, 2.24) is 9.97 Å². The molecule has 1 aliphatic carbocycles. The number of furan rings is 1. The molecular weight excluding hydrogens is 400 g/mol. The van der Waals surface area contributed by atoms with Crippen LogP contribution < -0.4 is 0 Å². The molecule has 0 fully saturated rings. The largest absolute Gasteiger partial charge is 0.448 e. The molecule has 0 radical (unpaired) electrons. The highest BCUT2D eigenvalue weighted by Gasteiger charge is 2.32. The molecule has 0 N–H and O–H groups in total. The van der Waals surface area contributed by atoms with E-state index in [0.717, 1.165) is 29.8 Å². The second-order valence-electron chi connectivity index (χ2n) is 8.15. The number of fused-ring (bicyclic) bond motifs is 1. The van der Waals surface area contributed by atoms with Crippen LogP contribution in [0, 0.1) is 22.7 Å². The quantitative estimate of drug-likeness (QED) is 0.377. The van der Waals surface area contributed by atoms with Gasteiger partial charge in [0.15, 0.2) is 10.2 Å². The van der Waals surface area contributed by atoms with Crippen molar-refractivity contribution in [3.63, 3.8) is 0 Å². The van der Waals surface area contributed by atoms with Crippen molar-refractivity contribution in [2.45, 2.75) is 50.3 Å². The highest BCUT2D eigenvalue weighted by molar-refractivity contribution is 7.99. The number of rotatable bonds is 4. The van der Waals surface area contributed by atoms with Gasteiger partial charge in [0, 0.05) is 17.3 Å². The Kier molecular flexibility index (Phi) is 5.57. The minimum Gasteiger partial charge on any atom is -0.448 e. The minimum absolute atomic E-state index is 0.280. The number of nitrogens with zero attached hydrogens (tertiary/aromatic N) is 4. The number of aliphatic imine (C=N–C) groups is 1. The zero-order valence-electron chi connectivity index (χ0n) is 16.7. The molecule has 0 aliphatic heterocycles. The zero-order valence-corrected chi connectivity index (χ0v) is 18.3. The molecule has 5 nitrogen and oxygen atoms in total. The van der Waals surface area contributed by atoms with Gasteiger partial charge < -0.3 is 4.42 Å². The smallest absolute Gasteiger partial charge is 0.195 e. The first-order chi connectivity index (χ1) is 13.9. The first-order valence-corrected chi connectivity index (χ1v) is 11.2. The normalized spacial score (nSPS) is 16.7. The van der Waals surface area contributed by atoms with Gasteiger partial charge in [0.05, 0.1) is 11.8 Å². The van der Waals surface area contributed by atoms with Gasteiger partial charge in [0.1, 0.15) is 16.8 Å². The van der Waals surface area contributed by atoms with Crippen LogP contribution >= 0.6 is 23.1 Å². The Labute approximate surface area is 178 Å². The van der Waals surface area contributed by atoms with Gasteiger partial charge in [-0.25, -0.2) is 15.0 Å². The highest BCUT2D eigenvalue weighted by atomic mass is 32.2. The first kappa shape index (κ1) is 19.9. The van der Waals surface area contributed by atoms with Crippen molar-refractivity contribution in [3.8, 4) is 6.07 Å². The summed E-state index contributed by atoms with van der Waals surface area (Å²) in [6.45, 7) is 6.90. The van der Waals surface area contributed by atoms with E-state index in [2.05, 4.69) is 41.8 Å². The summed E-state index contributed by atoms with van der Waals surface area (Å²) < 4.78 is 5.80. The summed E-state index contributed by atoms with van der Waals surface area (Å²) in [4.78, 5) is 14.3. The van der Waals surface area contributed by atoms with Crippen molar-refractivity contribution in [1.29, 1.82) is 5.26 Å². The molecule has 0 saturated heterocycles. The molecule has 4 rings (SSSR count). The maximum absolute atomic E-state index is 9.70. The van der Waals surface area contributed by atoms with Gasteiger partial charge in [-0.15, -0.1) is 11.3 Å². The van der Waals surface area contributed by atoms with Crippen molar-refractivity contribution in [2.75, 3.05) is 0 Å². The fraction of sp³-hybridized carbons (Fsp3) is 0.364. The van der Waals surface area contributed by atoms with Gasteiger partial charge in [-0.3, -0.25) is 0 Å². The van der Waals surface area contributed by atoms with E-state index in [1.165, 1.54) is 22.2 Å². The molecule has 3 heterocycles. The van der Waals surface area contributed by atoms with Crippen LogP contribution in [0.15, 0.2) is 50.3 Å². The summed E-state index contributed by atoms with van der Waals surface area (Å²) in [5.41, 5.74) is 2.21. The summed E-state index contributed by atoms with van der Waals surface area (Å²) in [5.74, 6) is 1.29. The molecule has 0 amide bonds. The molecule has 0 spiro atoms. The maximum Gasteiger partial charge on any atom is 0.195 e. The van der Waals surface area contributed by atoms with E-state index in [0.29, 0.717) is 21.9 Å². The van der Waals surface area contributed by atoms with E-state index in [1.54, 1.807) is 36.0 Å². The molecule has 7 heteroatoms. The Morgan fingerprint density at radius 1 is 1.31 bits per heavy atom. The minimum atomic E-state index is 0.280. The lowest BCUT2D eigenvalue weighted by molar-refractivity contribution is 0.218. The summed E-state index contributed by atoms with van der Waals surface area (Å²) >= 11 is 3.01. The zero-order chi connectivity index (χ0) is 20.4.